The Morgan fingerprint density at radius 1 is 1.00 bits per heavy atom. The molecule has 0 unspecified atom stereocenters. The Balaban J connectivity index is 2.29. The molecule has 3 heteroatoms. The number of aromatic nitrogens is 2. The Hall–Kier alpha value is -2.55. The van der Waals surface area contributed by atoms with Crippen molar-refractivity contribution in [1.82, 2.24) is 9.56 Å². The predicted molar refractivity (Wildman–Crippen MR) is 75.9 cm³/mol. The molecule has 0 aliphatic carbocycles. The van der Waals surface area contributed by atoms with Gasteiger partial charge in [0, 0.05) is 16.2 Å². The highest BCUT2D eigenvalue weighted by Gasteiger charge is 2.19. The summed E-state index contributed by atoms with van der Waals surface area (Å²) in [6, 6.07) is 12.9. The fourth-order valence-electron chi connectivity index (χ4n) is 3.20. The minimum atomic E-state index is 0.878. The molecule has 0 fully saturated rings. The number of aryl methyl sites for hydroxylation is 1. The molecule has 2 aromatic carbocycles. The van der Waals surface area contributed by atoms with Gasteiger partial charge in [-0.2, -0.15) is 0 Å². The number of nitrogens with zero attached hydrogens (tertiary/aromatic N) is 2. The standard InChI is InChI=1S/C16H10N2O/c1-9-5-6-13-12(7-9)10-3-2-4-11-15(10)18(13)14-8-17-19-16(11)14/h2-8H,1H3. The van der Waals surface area contributed by atoms with Crippen LogP contribution in [0.5, 0.6) is 0 Å². The molecule has 5 aromatic rings. The molecule has 3 aromatic heterocycles. The molecule has 0 spiro atoms. The fraction of sp³-hybridized carbons (Fsp3) is 0.0625. The fourth-order valence-corrected chi connectivity index (χ4v) is 3.20. The maximum absolute atomic E-state index is 5.41. The molecule has 0 saturated heterocycles. The van der Waals surface area contributed by atoms with Crippen LogP contribution in [0.4, 0.5) is 0 Å². The van der Waals surface area contributed by atoms with Gasteiger partial charge in [-0.1, -0.05) is 28.9 Å². The van der Waals surface area contributed by atoms with E-state index in [1.807, 2.05) is 0 Å². The van der Waals surface area contributed by atoms with Gasteiger partial charge in [0.25, 0.3) is 0 Å². The third-order valence-electron chi connectivity index (χ3n) is 3.98. The lowest BCUT2D eigenvalue weighted by atomic mass is 10.1. The van der Waals surface area contributed by atoms with Gasteiger partial charge < -0.3 is 8.92 Å². The molecule has 0 saturated carbocycles. The van der Waals surface area contributed by atoms with Crippen molar-refractivity contribution in [3.63, 3.8) is 0 Å². The van der Waals surface area contributed by atoms with Crippen LogP contribution < -0.4 is 0 Å². The Morgan fingerprint density at radius 2 is 1.89 bits per heavy atom. The van der Waals surface area contributed by atoms with Crippen LogP contribution in [0.3, 0.4) is 0 Å². The maximum Gasteiger partial charge on any atom is 0.192 e. The highest BCUT2D eigenvalue weighted by Crippen LogP contribution is 2.38. The van der Waals surface area contributed by atoms with E-state index in [0.717, 1.165) is 16.5 Å². The van der Waals surface area contributed by atoms with E-state index >= 15 is 0 Å². The molecule has 0 atom stereocenters. The quantitative estimate of drug-likeness (QED) is 0.411. The SMILES string of the molecule is Cc1ccc2c(c1)c1cccc3c4oncc4n2c13. The lowest BCUT2D eigenvalue weighted by Gasteiger charge is -1.95. The Kier molecular flexibility index (Phi) is 1.42. The van der Waals surface area contributed by atoms with Crippen LogP contribution in [-0.4, -0.2) is 9.56 Å². The van der Waals surface area contributed by atoms with Gasteiger partial charge in [-0.05, 0) is 25.1 Å². The van der Waals surface area contributed by atoms with Crippen molar-refractivity contribution >= 4 is 38.3 Å². The van der Waals surface area contributed by atoms with Crippen molar-refractivity contribution in [3.8, 4) is 0 Å². The third kappa shape index (κ3) is 0.943. The number of fused-ring (bicyclic) bond motifs is 6. The topological polar surface area (TPSA) is 30.4 Å². The molecular weight excluding hydrogens is 236 g/mol. The van der Waals surface area contributed by atoms with E-state index < -0.39 is 0 Å². The van der Waals surface area contributed by atoms with Gasteiger partial charge in [0.1, 0.15) is 5.52 Å². The highest BCUT2D eigenvalue weighted by molar-refractivity contribution is 6.21. The van der Waals surface area contributed by atoms with E-state index in [0.29, 0.717) is 0 Å². The number of hydrogen-bond acceptors (Lipinski definition) is 2. The molecule has 0 aliphatic rings. The van der Waals surface area contributed by atoms with E-state index in [1.54, 1.807) is 6.20 Å². The molecule has 3 nitrogen and oxygen atoms in total. The first-order valence-corrected chi connectivity index (χ1v) is 6.34. The van der Waals surface area contributed by atoms with Crippen molar-refractivity contribution in [2.45, 2.75) is 6.92 Å². The summed E-state index contributed by atoms with van der Waals surface area (Å²) >= 11 is 0. The Morgan fingerprint density at radius 3 is 2.84 bits per heavy atom. The summed E-state index contributed by atoms with van der Waals surface area (Å²) in [7, 11) is 0. The Bertz CT molecular complexity index is 1070. The van der Waals surface area contributed by atoms with Gasteiger partial charge >= 0.3 is 0 Å². The van der Waals surface area contributed by atoms with Crippen LogP contribution in [0.15, 0.2) is 47.1 Å². The van der Waals surface area contributed by atoms with Gasteiger partial charge in [-0.3, -0.25) is 0 Å². The van der Waals surface area contributed by atoms with Crippen LogP contribution >= 0.6 is 0 Å². The van der Waals surface area contributed by atoms with Gasteiger partial charge in [0.05, 0.1) is 17.2 Å². The molecule has 0 bridgehead atoms. The van der Waals surface area contributed by atoms with E-state index in [-0.39, 0.29) is 0 Å². The lowest BCUT2D eigenvalue weighted by molar-refractivity contribution is 0.459. The second-order valence-corrected chi connectivity index (χ2v) is 5.10. The average molecular weight is 246 g/mol. The van der Waals surface area contributed by atoms with Crippen molar-refractivity contribution in [2.24, 2.45) is 0 Å². The minimum Gasteiger partial charge on any atom is -0.354 e. The Labute approximate surface area is 108 Å². The highest BCUT2D eigenvalue weighted by atomic mass is 16.5. The monoisotopic (exact) mass is 246 g/mol. The summed E-state index contributed by atoms with van der Waals surface area (Å²) in [5, 5.41) is 7.65. The van der Waals surface area contributed by atoms with Gasteiger partial charge in [-0.25, -0.2) is 0 Å². The van der Waals surface area contributed by atoms with Crippen LogP contribution in [0.25, 0.3) is 38.3 Å². The summed E-state index contributed by atoms with van der Waals surface area (Å²) in [5.74, 6) is 0. The zero-order valence-corrected chi connectivity index (χ0v) is 10.3. The number of para-hydroxylation sites is 1. The van der Waals surface area contributed by atoms with Gasteiger partial charge in [0.15, 0.2) is 5.58 Å². The number of benzene rings is 2. The molecule has 90 valence electrons. The third-order valence-corrected chi connectivity index (χ3v) is 3.98. The van der Waals surface area contributed by atoms with Crippen LogP contribution in [-0.2, 0) is 0 Å². The molecule has 0 aliphatic heterocycles. The zero-order valence-electron chi connectivity index (χ0n) is 10.3. The maximum atomic E-state index is 5.41. The largest absolute Gasteiger partial charge is 0.354 e. The molecule has 0 amide bonds. The van der Waals surface area contributed by atoms with Crippen molar-refractivity contribution in [2.75, 3.05) is 0 Å². The summed E-state index contributed by atoms with van der Waals surface area (Å²) in [6.07, 6.45) is 1.80. The molecule has 5 rings (SSSR count). The van der Waals surface area contributed by atoms with Crippen LogP contribution in [0, 0.1) is 6.92 Å². The van der Waals surface area contributed by atoms with Gasteiger partial charge in [-0.15, -0.1) is 0 Å². The number of hydrogen-bond donors (Lipinski definition) is 0. The summed E-state index contributed by atoms with van der Waals surface area (Å²) in [5.41, 5.74) is 5.66. The molecule has 3 heterocycles. The minimum absolute atomic E-state index is 0.878. The van der Waals surface area contributed by atoms with E-state index in [4.69, 9.17) is 4.52 Å². The molecule has 0 N–H and O–H groups in total. The summed E-state index contributed by atoms with van der Waals surface area (Å²) in [6.45, 7) is 2.13. The van der Waals surface area contributed by atoms with Crippen LogP contribution in [0.2, 0.25) is 0 Å². The second kappa shape index (κ2) is 2.88. The van der Waals surface area contributed by atoms with E-state index in [1.165, 1.54) is 27.4 Å². The summed E-state index contributed by atoms with van der Waals surface area (Å²) in [4.78, 5) is 0. The van der Waals surface area contributed by atoms with E-state index in [9.17, 15) is 0 Å². The first-order chi connectivity index (χ1) is 9.34. The zero-order chi connectivity index (χ0) is 12.6. The predicted octanol–water partition coefficient (Wildman–Crippen LogP) is 4.13. The lowest BCUT2D eigenvalue weighted by Crippen LogP contribution is -1.78. The molecule has 0 radical (unpaired) electrons. The summed E-state index contributed by atoms with van der Waals surface area (Å²) < 4.78 is 7.66. The van der Waals surface area contributed by atoms with Gasteiger partial charge in [0.2, 0.25) is 0 Å². The molecule has 19 heavy (non-hydrogen) atoms. The average Bonchev–Trinajstić information content (AvgIpc) is 3.06. The normalized spacial score (nSPS) is 12.5. The first kappa shape index (κ1) is 9.39. The van der Waals surface area contributed by atoms with Crippen molar-refractivity contribution in [1.29, 1.82) is 0 Å². The van der Waals surface area contributed by atoms with Crippen molar-refractivity contribution in [3.05, 3.63) is 48.2 Å². The van der Waals surface area contributed by atoms with Crippen molar-refractivity contribution < 1.29 is 4.52 Å². The molecular formula is C16H10N2O. The smallest absolute Gasteiger partial charge is 0.192 e. The number of rotatable bonds is 0. The van der Waals surface area contributed by atoms with Crippen LogP contribution in [0.1, 0.15) is 5.56 Å². The second-order valence-electron chi connectivity index (χ2n) is 5.10. The van der Waals surface area contributed by atoms with E-state index in [2.05, 4.69) is 52.9 Å². The first-order valence-electron chi connectivity index (χ1n) is 6.34.